The average molecular weight is 371 g/mol. The van der Waals surface area contributed by atoms with Crippen molar-refractivity contribution in [1.82, 2.24) is 19.4 Å². The lowest BCUT2D eigenvalue weighted by atomic mass is 9.71. The molecule has 0 radical (unpaired) electrons. The molecular formula is C22H34N4O. The van der Waals surface area contributed by atoms with Crippen LogP contribution in [0.3, 0.4) is 0 Å². The Hall–Kier alpha value is -1.43. The van der Waals surface area contributed by atoms with Gasteiger partial charge in [-0.3, -0.25) is 4.90 Å². The normalized spacial score (nSPS) is 27.8. The number of imidazole rings is 1. The van der Waals surface area contributed by atoms with Crippen LogP contribution in [0.4, 0.5) is 0 Å². The number of piperidine rings is 2. The van der Waals surface area contributed by atoms with E-state index >= 15 is 0 Å². The molecule has 3 heterocycles. The molecule has 0 amide bonds. The molecule has 1 aromatic heterocycles. The summed E-state index contributed by atoms with van der Waals surface area (Å²) in [4.78, 5) is 9.90. The molecule has 1 spiro atoms. The molecule has 4 rings (SSSR count). The number of hydrogen-bond donors (Lipinski definition) is 1. The van der Waals surface area contributed by atoms with E-state index in [9.17, 15) is 5.11 Å². The molecule has 1 aromatic carbocycles. The minimum atomic E-state index is -0.175. The average Bonchev–Trinajstić information content (AvgIpc) is 2.96. The molecule has 5 heteroatoms. The van der Waals surface area contributed by atoms with E-state index in [4.69, 9.17) is 4.98 Å². The fourth-order valence-corrected chi connectivity index (χ4v) is 5.18. The van der Waals surface area contributed by atoms with Crippen LogP contribution in [-0.4, -0.2) is 63.8 Å². The Morgan fingerprint density at radius 1 is 1.22 bits per heavy atom. The molecule has 0 bridgehead atoms. The summed E-state index contributed by atoms with van der Waals surface area (Å²) in [5.41, 5.74) is 2.36. The highest BCUT2D eigenvalue weighted by molar-refractivity contribution is 5.75. The Morgan fingerprint density at radius 2 is 2.04 bits per heavy atom. The Balaban J connectivity index is 1.58. The minimum absolute atomic E-state index is 0.0279. The molecule has 2 aliphatic heterocycles. The lowest BCUT2D eigenvalue weighted by Gasteiger charge is -2.50. The van der Waals surface area contributed by atoms with Crippen molar-refractivity contribution in [2.24, 2.45) is 11.3 Å². The monoisotopic (exact) mass is 370 g/mol. The highest BCUT2D eigenvalue weighted by Gasteiger charge is 2.44. The molecule has 148 valence electrons. The lowest BCUT2D eigenvalue weighted by molar-refractivity contribution is -0.0812. The number of nitrogens with zero attached hydrogens (tertiary/aromatic N) is 4. The fraction of sp³-hybridized carbons (Fsp3) is 0.682. The quantitative estimate of drug-likeness (QED) is 0.899. The molecule has 5 nitrogen and oxygen atoms in total. The first-order valence-electron chi connectivity index (χ1n) is 10.5. The van der Waals surface area contributed by atoms with Gasteiger partial charge in [-0.2, -0.15) is 0 Å². The van der Waals surface area contributed by atoms with Gasteiger partial charge in [0.2, 0.25) is 0 Å². The largest absolute Gasteiger partial charge is 0.392 e. The maximum Gasteiger partial charge on any atom is 0.124 e. The minimum Gasteiger partial charge on any atom is -0.392 e. The van der Waals surface area contributed by atoms with Crippen LogP contribution >= 0.6 is 0 Å². The van der Waals surface area contributed by atoms with Crippen molar-refractivity contribution in [3.05, 3.63) is 30.1 Å². The number of aromatic nitrogens is 2. The van der Waals surface area contributed by atoms with Gasteiger partial charge in [-0.25, -0.2) is 4.98 Å². The summed E-state index contributed by atoms with van der Waals surface area (Å²) in [5, 5.41) is 10.8. The summed E-state index contributed by atoms with van der Waals surface area (Å²) < 4.78 is 2.41. The Morgan fingerprint density at radius 3 is 2.85 bits per heavy atom. The molecular weight excluding hydrogens is 336 g/mol. The van der Waals surface area contributed by atoms with Gasteiger partial charge in [0.1, 0.15) is 5.82 Å². The molecule has 2 fully saturated rings. The van der Waals surface area contributed by atoms with Crippen molar-refractivity contribution in [2.75, 3.05) is 33.2 Å². The Bertz CT molecular complexity index is 786. The van der Waals surface area contributed by atoms with Gasteiger partial charge in [0.25, 0.3) is 0 Å². The third-order valence-electron chi connectivity index (χ3n) is 6.41. The third-order valence-corrected chi connectivity index (χ3v) is 6.41. The third kappa shape index (κ3) is 3.78. The maximum absolute atomic E-state index is 10.8. The van der Waals surface area contributed by atoms with Crippen LogP contribution in [0.2, 0.25) is 0 Å². The molecule has 2 aliphatic rings. The van der Waals surface area contributed by atoms with Gasteiger partial charge in [0.05, 0.1) is 23.7 Å². The SMILES string of the molecule is CC(C)Cn1c(CN2CCC[C@]3(CN(C)CC[C@@H]3O)C2)nc2ccccc21. The van der Waals surface area contributed by atoms with Gasteiger partial charge >= 0.3 is 0 Å². The van der Waals surface area contributed by atoms with Crippen molar-refractivity contribution < 1.29 is 5.11 Å². The number of fused-ring (bicyclic) bond motifs is 1. The number of hydrogen-bond acceptors (Lipinski definition) is 4. The van der Waals surface area contributed by atoms with Gasteiger partial charge in [-0.1, -0.05) is 26.0 Å². The second-order valence-electron chi connectivity index (χ2n) is 9.24. The van der Waals surface area contributed by atoms with Crippen LogP contribution in [-0.2, 0) is 13.1 Å². The number of rotatable bonds is 4. The zero-order chi connectivity index (χ0) is 19.0. The maximum atomic E-state index is 10.8. The van der Waals surface area contributed by atoms with Crippen LogP contribution in [0.15, 0.2) is 24.3 Å². The molecule has 0 unspecified atom stereocenters. The number of likely N-dealkylation sites (tertiary alicyclic amines) is 2. The van der Waals surface area contributed by atoms with E-state index in [-0.39, 0.29) is 11.5 Å². The van der Waals surface area contributed by atoms with Gasteiger partial charge in [-0.05, 0) is 50.9 Å². The van der Waals surface area contributed by atoms with Crippen molar-refractivity contribution in [1.29, 1.82) is 0 Å². The van der Waals surface area contributed by atoms with Crippen molar-refractivity contribution in [3.63, 3.8) is 0 Å². The Kier molecular flexibility index (Phi) is 5.28. The van der Waals surface area contributed by atoms with Gasteiger partial charge < -0.3 is 14.6 Å². The van der Waals surface area contributed by atoms with Crippen molar-refractivity contribution in [2.45, 2.75) is 52.3 Å². The number of benzene rings is 1. The van der Waals surface area contributed by atoms with E-state index in [1.165, 1.54) is 11.3 Å². The Labute approximate surface area is 163 Å². The summed E-state index contributed by atoms with van der Waals surface area (Å²) in [6, 6.07) is 8.48. The van der Waals surface area contributed by atoms with E-state index in [2.05, 4.69) is 59.5 Å². The molecule has 27 heavy (non-hydrogen) atoms. The van der Waals surface area contributed by atoms with Gasteiger partial charge in [-0.15, -0.1) is 0 Å². The smallest absolute Gasteiger partial charge is 0.124 e. The van der Waals surface area contributed by atoms with Crippen LogP contribution in [0, 0.1) is 11.3 Å². The zero-order valence-electron chi connectivity index (χ0n) is 17.1. The fourth-order valence-electron chi connectivity index (χ4n) is 5.18. The molecule has 2 saturated heterocycles. The summed E-state index contributed by atoms with van der Waals surface area (Å²) in [6.45, 7) is 10.5. The highest BCUT2D eigenvalue weighted by atomic mass is 16.3. The van der Waals surface area contributed by atoms with Gasteiger partial charge in [0, 0.05) is 31.6 Å². The summed E-state index contributed by atoms with van der Waals surface area (Å²) in [6.07, 6.45) is 3.02. The first kappa shape index (κ1) is 18.9. The second-order valence-corrected chi connectivity index (χ2v) is 9.24. The molecule has 0 aliphatic carbocycles. The van der Waals surface area contributed by atoms with E-state index in [1.807, 2.05) is 0 Å². The van der Waals surface area contributed by atoms with E-state index in [0.717, 1.165) is 64.0 Å². The lowest BCUT2D eigenvalue weighted by Crippen LogP contribution is -2.58. The van der Waals surface area contributed by atoms with Crippen LogP contribution in [0.1, 0.15) is 38.9 Å². The van der Waals surface area contributed by atoms with Crippen LogP contribution < -0.4 is 0 Å². The number of aliphatic hydroxyl groups is 1. The summed E-state index contributed by atoms with van der Waals surface area (Å²) in [5.74, 6) is 1.75. The predicted molar refractivity (Wildman–Crippen MR) is 110 cm³/mol. The molecule has 0 saturated carbocycles. The van der Waals surface area contributed by atoms with E-state index in [0.29, 0.717) is 5.92 Å². The summed E-state index contributed by atoms with van der Waals surface area (Å²) in [7, 11) is 2.19. The first-order valence-corrected chi connectivity index (χ1v) is 10.5. The molecule has 2 atom stereocenters. The second kappa shape index (κ2) is 7.53. The van der Waals surface area contributed by atoms with Crippen molar-refractivity contribution >= 4 is 11.0 Å². The van der Waals surface area contributed by atoms with E-state index < -0.39 is 0 Å². The van der Waals surface area contributed by atoms with Crippen LogP contribution in [0.25, 0.3) is 11.0 Å². The first-order chi connectivity index (χ1) is 13.0. The predicted octanol–water partition coefficient (Wildman–Crippen LogP) is 2.97. The highest BCUT2D eigenvalue weighted by Crippen LogP contribution is 2.38. The number of para-hydroxylation sites is 2. The molecule has 1 N–H and O–H groups in total. The standard InChI is InChI=1S/C22H34N4O/c1-17(2)13-26-19-8-5-4-7-18(19)23-21(26)14-25-11-6-10-22(16-25)15-24(3)12-9-20(22)27/h4-5,7-8,17,20,27H,6,9-16H2,1-3H3/t20-,22-/m0/s1. The molecule has 2 aromatic rings. The van der Waals surface area contributed by atoms with Crippen LogP contribution in [0.5, 0.6) is 0 Å². The van der Waals surface area contributed by atoms with Gasteiger partial charge in [0.15, 0.2) is 0 Å². The number of aliphatic hydroxyl groups excluding tert-OH is 1. The summed E-state index contributed by atoms with van der Waals surface area (Å²) >= 11 is 0. The topological polar surface area (TPSA) is 44.5 Å². The van der Waals surface area contributed by atoms with Crippen molar-refractivity contribution in [3.8, 4) is 0 Å². The van der Waals surface area contributed by atoms with E-state index in [1.54, 1.807) is 0 Å². The zero-order valence-corrected chi connectivity index (χ0v) is 17.1.